The van der Waals surface area contributed by atoms with Crippen LogP contribution in [0.25, 0.3) is 0 Å². The molecular weight excluding hydrogens is 408 g/mol. The third kappa shape index (κ3) is 6.88. The molecule has 1 fully saturated rings. The number of ether oxygens (including phenoxy) is 4. The number of carbonyl (C=O) groups excluding carboxylic acids is 3. The number of nitrogens with zero attached hydrogens (tertiary/aromatic N) is 2. The van der Waals surface area contributed by atoms with Crippen molar-refractivity contribution < 1.29 is 33.3 Å². The first-order valence-electron chi connectivity index (χ1n) is 10.6. The Hall–Kier alpha value is -2.75. The van der Waals surface area contributed by atoms with E-state index in [1.54, 1.807) is 0 Å². The highest BCUT2D eigenvalue weighted by Crippen LogP contribution is 2.34. The zero-order chi connectivity index (χ0) is 22.8. The van der Waals surface area contributed by atoms with E-state index in [0.29, 0.717) is 19.3 Å². The zero-order valence-corrected chi connectivity index (χ0v) is 18.2. The standard InChI is InChI=1S/C21H30N2O8/c1-4-8-15(24)28-13-14-18(30-16(25)9-5-2)19(31-17(26)10-6-3)20(29-14)23-12-7-11-22-21(23)27/h7,11-12,14,18-20H,4-6,8-10,13H2,1-3H3. The first kappa shape index (κ1) is 24.5. The summed E-state index contributed by atoms with van der Waals surface area (Å²) in [7, 11) is 0. The maximum absolute atomic E-state index is 12.3. The van der Waals surface area contributed by atoms with E-state index in [-0.39, 0.29) is 25.9 Å². The maximum atomic E-state index is 12.3. The Kier molecular flexibility index (Phi) is 9.64. The maximum Gasteiger partial charge on any atom is 0.349 e. The molecule has 4 unspecified atom stereocenters. The summed E-state index contributed by atoms with van der Waals surface area (Å²) >= 11 is 0. The molecule has 0 spiro atoms. The van der Waals surface area contributed by atoms with Crippen molar-refractivity contribution in [2.75, 3.05) is 6.61 Å². The first-order valence-corrected chi connectivity index (χ1v) is 10.6. The minimum absolute atomic E-state index is 0.150. The van der Waals surface area contributed by atoms with Crippen LogP contribution >= 0.6 is 0 Å². The summed E-state index contributed by atoms with van der Waals surface area (Å²) in [6.45, 7) is 5.28. The van der Waals surface area contributed by atoms with E-state index in [1.807, 2.05) is 20.8 Å². The Labute approximate surface area is 180 Å². The van der Waals surface area contributed by atoms with Gasteiger partial charge in [-0.15, -0.1) is 0 Å². The van der Waals surface area contributed by atoms with Crippen LogP contribution in [0.1, 0.15) is 65.5 Å². The van der Waals surface area contributed by atoms with Crippen LogP contribution in [-0.4, -0.2) is 52.4 Å². The van der Waals surface area contributed by atoms with Crippen LogP contribution in [0.5, 0.6) is 0 Å². The van der Waals surface area contributed by atoms with Crippen LogP contribution in [0.3, 0.4) is 0 Å². The van der Waals surface area contributed by atoms with Crippen LogP contribution in [0.2, 0.25) is 0 Å². The van der Waals surface area contributed by atoms with E-state index >= 15 is 0 Å². The molecule has 1 aliphatic heterocycles. The summed E-state index contributed by atoms with van der Waals surface area (Å²) < 4.78 is 23.5. The van der Waals surface area contributed by atoms with Crippen molar-refractivity contribution in [2.24, 2.45) is 0 Å². The van der Waals surface area contributed by atoms with Gasteiger partial charge in [-0.05, 0) is 25.3 Å². The summed E-state index contributed by atoms with van der Waals surface area (Å²) in [6, 6.07) is 1.53. The Bertz CT molecular complexity index is 809. The van der Waals surface area contributed by atoms with Gasteiger partial charge < -0.3 is 18.9 Å². The first-order chi connectivity index (χ1) is 14.9. The fourth-order valence-corrected chi connectivity index (χ4v) is 3.18. The van der Waals surface area contributed by atoms with Crippen LogP contribution in [-0.2, 0) is 33.3 Å². The number of carbonyl (C=O) groups is 3. The van der Waals surface area contributed by atoms with E-state index in [1.165, 1.54) is 23.0 Å². The Morgan fingerprint density at radius 2 is 1.55 bits per heavy atom. The van der Waals surface area contributed by atoms with Crippen molar-refractivity contribution in [3.8, 4) is 0 Å². The molecule has 0 saturated carbocycles. The molecule has 2 rings (SSSR count). The molecule has 1 aromatic heterocycles. The monoisotopic (exact) mass is 438 g/mol. The molecule has 4 atom stereocenters. The Balaban J connectivity index is 2.34. The molecule has 1 saturated heterocycles. The second-order valence-electron chi connectivity index (χ2n) is 7.22. The molecule has 172 valence electrons. The number of esters is 3. The lowest BCUT2D eigenvalue weighted by atomic mass is 10.1. The molecule has 10 nitrogen and oxygen atoms in total. The van der Waals surface area contributed by atoms with Crippen molar-refractivity contribution in [1.29, 1.82) is 0 Å². The second-order valence-corrected chi connectivity index (χ2v) is 7.22. The third-order valence-electron chi connectivity index (χ3n) is 4.60. The van der Waals surface area contributed by atoms with Gasteiger partial charge in [0.25, 0.3) is 0 Å². The van der Waals surface area contributed by atoms with Gasteiger partial charge in [0.2, 0.25) is 0 Å². The van der Waals surface area contributed by atoms with Crippen LogP contribution < -0.4 is 5.69 Å². The van der Waals surface area contributed by atoms with Crippen molar-refractivity contribution in [2.45, 2.75) is 83.8 Å². The lowest BCUT2D eigenvalue weighted by molar-refractivity contribution is -0.169. The van der Waals surface area contributed by atoms with Crippen molar-refractivity contribution >= 4 is 17.9 Å². The SMILES string of the molecule is CCCC(=O)OCC1OC(n2cccnc2=O)C(OC(=O)CCC)C1OC(=O)CCC. The van der Waals surface area contributed by atoms with Crippen LogP contribution in [0.4, 0.5) is 0 Å². The predicted octanol–water partition coefficient (Wildman–Crippen LogP) is 1.91. The molecule has 0 bridgehead atoms. The third-order valence-corrected chi connectivity index (χ3v) is 4.60. The Morgan fingerprint density at radius 3 is 2.13 bits per heavy atom. The summed E-state index contributed by atoms with van der Waals surface area (Å²) in [4.78, 5) is 52.4. The molecule has 0 amide bonds. The van der Waals surface area contributed by atoms with Crippen LogP contribution in [0, 0.1) is 0 Å². The lowest BCUT2D eigenvalue weighted by Crippen LogP contribution is -2.42. The van der Waals surface area contributed by atoms with Gasteiger partial charge in [0, 0.05) is 31.7 Å². The lowest BCUT2D eigenvalue weighted by Gasteiger charge is -2.24. The van der Waals surface area contributed by atoms with E-state index in [2.05, 4.69) is 4.98 Å². The van der Waals surface area contributed by atoms with E-state index in [4.69, 9.17) is 18.9 Å². The molecule has 31 heavy (non-hydrogen) atoms. The molecule has 0 radical (unpaired) electrons. The molecular formula is C21H30N2O8. The van der Waals surface area contributed by atoms with Gasteiger partial charge in [-0.3, -0.25) is 19.0 Å². The van der Waals surface area contributed by atoms with Crippen molar-refractivity contribution in [3.05, 3.63) is 28.9 Å². The highest BCUT2D eigenvalue weighted by atomic mass is 16.7. The minimum atomic E-state index is -1.10. The normalized spacial score (nSPS) is 22.7. The molecule has 0 aliphatic carbocycles. The molecule has 2 heterocycles. The van der Waals surface area contributed by atoms with Gasteiger partial charge in [0.05, 0.1) is 0 Å². The molecule has 0 aromatic carbocycles. The topological polar surface area (TPSA) is 123 Å². The number of rotatable bonds is 11. The van der Waals surface area contributed by atoms with Gasteiger partial charge in [0.1, 0.15) is 12.7 Å². The highest BCUT2D eigenvalue weighted by molar-refractivity contribution is 5.71. The number of aromatic nitrogens is 2. The quantitative estimate of drug-likeness (QED) is 0.376. The van der Waals surface area contributed by atoms with Gasteiger partial charge in [-0.25, -0.2) is 9.78 Å². The molecule has 10 heteroatoms. The minimum Gasteiger partial charge on any atom is -0.463 e. The van der Waals surface area contributed by atoms with Gasteiger partial charge in [-0.2, -0.15) is 0 Å². The average Bonchev–Trinajstić information content (AvgIpc) is 3.04. The van der Waals surface area contributed by atoms with Crippen molar-refractivity contribution in [3.63, 3.8) is 0 Å². The van der Waals surface area contributed by atoms with Gasteiger partial charge in [-0.1, -0.05) is 20.8 Å². The highest BCUT2D eigenvalue weighted by Gasteiger charge is 2.51. The smallest absolute Gasteiger partial charge is 0.349 e. The fourth-order valence-electron chi connectivity index (χ4n) is 3.18. The van der Waals surface area contributed by atoms with E-state index in [9.17, 15) is 19.2 Å². The molecule has 1 aromatic rings. The zero-order valence-electron chi connectivity index (χ0n) is 18.2. The Morgan fingerprint density at radius 1 is 0.968 bits per heavy atom. The second kappa shape index (κ2) is 12.2. The van der Waals surface area contributed by atoms with Crippen LogP contribution in [0.15, 0.2) is 23.3 Å². The number of hydrogen-bond donors (Lipinski definition) is 0. The largest absolute Gasteiger partial charge is 0.463 e. The van der Waals surface area contributed by atoms with Gasteiger partial charge in [0.15, 0.2) is 18.4 Å². The summed E-state index contributed by atoms with van der Waals surface area (Å²) in [5, 5.41) is 0. The molecule has 0 N–H and O–H groups in total. The van der Waals surface area contributed by atoms with E-state index < -0.39 is 48.1 Å². The predicted molar refractivity (Wildman–Crippen MR) is 108 cm³/mol. The summed E-state index contributed by atoms with van der Waals surface area (Å²) in [5.74, 6) is -1.44. The number of hydrogen-bond acceptors (Lipinski definition) is 9. The average molecular weight is 438 g/mol. The summed E-state index contributed by atoms with van der Waals surface area (Å²) in [5.41, 5.74) is -0.619. The van der Waals surface area contributed by atoms with E-state index in [0.717, 1.165) is 0 Å². The molecule has 1 aliphatic rings. The van der Waals surface area contributed by atoms with Crippen molar-refractivity contribution in [1.82, 2.24) is 9.55 Å². The fraction of sp³-hybridized carbons (Fsp3) is 0.667. The van der Waals surface area contributed by atoms with Gasteiger partial charge >= 0.3 is 23.6 Å². The summed E-state index contributed by atoms with van der Waals surface area (Å²) in [6.07, 6.45) is 0.889.